The van der Waals surface area contributed by atoms with E-state index >= 15 is 0 Å². The molecule has 1 heterocycles. The second-order valence-corrected chi connectivity index (χ2v) is 8.09. The van der Waals surface area contributed by atoms with Gasteiger partial charge in [0.1, 0.15) is 0 Å². The molecule has 1 amide bonds. The van der Waals surface area contributed by atoms with Crippen molar-refractivity contribution in [3.8, 4) is 0 Å². The van der Waals surface area contributed by atoms with Crippen molar-refractivity contribution in [2.24, 2.45) is 10.9 Å². The predicted molar refractivity (Wildman–Crippen MR) is 115 cm³/mol. The molecule has 1 saturated carbocycles. The van der Waals surface area contributed by atoms with E-state index in [9.17, 15) is 4.79 Å². The molecule has 0 radical (unpaired) electrons. The summed E-state index contributed by atoms with van der Waals surface area (Å²) < 4.78 is 0. The highest BCUT2D eigenvalue weighted by Crippen LogP contribution is 2.28. The molecule has 1 aromatic carbocycles. The largest absolute Gasteiger partial charge is 0.355 e. The quantitative estimate of drug-likeness (QED) is 0.564. The van der Waals surface area contributed by atoms with Gasteiger partial charge in [-0.2, -0.15) is 0 Å². The van der Waals surface area contributed by atoms with Crippen LogP contribution in [0.4, 0.5) is 0 Å². The van der Waals surface area contributed by atoms with Crippen LogP contribution in [0.3, 0.4) is 0 Å². The lowest BCUT2D eigenvalue weighted by molar-refractivity contribution is -0.139. The maximum absolute atomic E-state index is 12.3. The van der Waals surface area contributed by atoms with E-state index in [-0.39, 0.29) is 6.04 Å². The number of hydrogen-bond acceptors (Lipinski definition) is 3. The van der Waals surface area contributed by atoms with Crippen molar-refractivity contribution in [2.45, 2.75) is 32.2 Å². The molecule has 0 spiro atoms. The number of rotatable bonds is 6. The monoisotopic (exact) mass is 405 g/mol. The van der Waals surface area contributed by atoms with Gasteiger partial charge in [0.2, 0.25) is 5.91 Å². The Hall–Kier alpha value is -1.79. The summed E-state index contributed by atoms with van der Waals surface area (Å²) in [6, 6.07) is 7.93. The maximum Gasteiger partial charge on any atom is 0.225 e. The van der Waals surface area contributed by atoms with E-state index in [1.54, 1.807) is 7.05 Å². The summed E-state index contributed by atoms with van der Waals surface area (Å²) in [6.07, 6.45) is 3.38. The predicted octanol–water partition coefficient (Wildman–Crippen LogP) is 2.51. The average Bonchev–Trinajstić information content (AvgIpc) is 2.66. The zero-order valence-corrected chi connectivity index (χ0v) is 17.7. The van der Waals surface area contributed by atoms with Crippen molar-refractivity contribution in [2.75, 3.05) is 46.3 Å². The molecule has 6 nitrogen and oxygen atoms in total. The molecule has 1 saturated heterocycles. The Labute approximate surface area is 173 Å². The van der Waals surface area contributed by atoms with E-state index in [1.807, 2.05) is 24.3 Å². The molecule has 0 aromatic heterocycles. The molecule has 1 aliphatic heterocycles. The summed E-state index contributed by atoms with van der Waals surface area (Å²) in [5.74, 6) is 1.45. The van der Waals surface area contributed by atoms with Crippen LogP contribution in [0.25, 0.3) is 0 Å². The lowest BCUT2D eigenvalue weighted by atomic mass is 9.84. The van der Waals surface area contributed by atoms with Crippen molar-refractivity contribution in [1.29, 1.82) is 0 Å². The number of carbonyl (C=O) groups is 1. The molecular formula is C21H32ClN5O. The number of amides is 1. The number of carbonyl (C=O) groups excluding carboxylic acids is 1. The first-order valence-corrected chi connectivity index (χ1v) is 10.7. The van der Waals surface area contributed by atoms with Crippen molar-refractivity contribution >= 4 is 23.5 Å². The minimum atomic E-state index is 0.0703. The first kappa shape index (κ1) is 20.9. The van der Waals surface area contributed by atoms with Gasteiger partial charge in [0.05, 0.1) is 6.04 Å². The summed E-state index contributed by atoms with van der Waals surface area (Å²) >= 11 is 6.28. The third kappa shape index (κ3) is 5.39. The molecule has 0 bridgehead atoms. The van der Waals surface area contributed by atoms with E-state index in [0.717, 1.165) is 68.7 Å². The van der Waals surface area contributed by atoms with Crippen LogP contribution >= 0.6 is 11.6 Å². The molecule has 154 valence electrons. The second-order valence-electron chi connectivity index (χ2n) is 7.68. The summed E-state index contributed by atoms with van der Waals surface area (Å²) in [5, 5.41) is 7.53. The number of aliphatic imine (C=N–C) groups is 1. The fourth-order valence-corrected chi connectivity index (χ4v) is 4.04. The normalized spacial score (nSPS) is 19.8. The molecule has 1 aromatic rings. The molecule has 2 N–H and O–H groups in total. The zero-order chi connectivity index (χ0) is 19.9. The lowest BCUT2D eigenvalue weighted by Crippen LogP contribution is -2.52. The fourth-order valence-electron chi connectivity index (χ4n) is 3.74. The second kappa shape index (κ2) is 10.1. The van der Waals surface area contributed by atoms with Gasteiger partial charge in [0.25, 0.3) is 0 Å². The fraction of sp³-hybridized carbons (Fsp3) is 0.619. The van der Waals surface area contributed by atoms with Crippen LogP contribution in [0.15, 0.2) is 29.3 Å². The number of piperazine rings is 1. The van der Waals surface area contributed by atoms with Crippen LogP contribution < -0.4 is 10.6 Å². The number of nitrogens with one attached hydrogen (secondary N) is 2. The first-order chi connectivity index (χ1) is 13.6. The highest BCUT2D eigenvalue weighted by molar-refractivity contribution is 6.31. The van der Waals surface area contributed by atoms with E-state index < -0.39 is 0 Å². The molecule has 28 heavy (non-hydrogen) atoms. The van der Waals surface area contributed by atoms with E-state index in [1.165, 1.54) is 6.42 Å². The standard InChI is InChI=1S/C21H32ClN5O/c1-16(18-8-3-4-9-19(18)22)25-21(23-2)24-10-11-26-12-14-27(15-13-26)20(28)17-6-5-7-17/h3-4,8-9,16-17H,5-7,10-15H2,1-2H3,(H2,23,24,25). The minimum absolute atomic E-state index is 0.0703. The Morgan fingerprint density at radius 2 is 1.96 bits per heavy atom. The van der Waals surface area contributed by atoms with Crippen LogP contribution in [0.5, 0.6) is 0 Å². The molecule has 2 aliphatic rings. The number of guanidine groups is 1. The third-order valence-corrected chi connectivity index (χ3v) is 6.15. The number of nitrogens with zero attached hydrogens (tertiary/aromatic N) is 3. The molecule has 2 fully saturated rings. The zero-order valence-electron chi connectivity index (χ0n) is 17.0. The highest BCUT2D eigenvalue weighted by Gasteiger charge is 2.31. The van der Waals surface area contributed by atoms with Gasteiger partial charge in [-0.1, -0.05) is 36.2 Å². The Bertz CT molecular complexity index is 683. The molecule has 3 rings (SSSR count). The van der Waals surface area contributed by atoms with E-state index in [0.29, 0.717) is 11.8 Å². The molecule has 1 atom stereocenters. The Morgan fingerprint density at radius 3 is 2.57 bits per heavy atom. The van der Waals surface area contributed by atoms with Crippen LogP contribution in [0.1, 0.15) is 37.8 Å². The van der Waals surface area contributed by atoms with Gasteiger partial charge in [-0.25, -0.2) is 0 Å². The van der Waals surface area contributed by atoms with Gasteiger partial charge in [0, 0.05) is 57.3 Å². The summed E-state index contributed by atoms with van der Waals surface area (Å²) in [4.78, 5) is 21.1. The minimum Gasteiger partial charge on any atom is -0.355 e. The summed E-state index contributed by atoms with van der Waals surface area (Å²) in [5.41, 5.74) is 1.05. The number of halogens is 1. The first-order valence-electron chi connectivity index (χ1n) is 10.3. The van der Waals surface area contributed by atoms with Gasteiger partial charge in [0.15, 0.2) is 5.96 Å². The topological polar surface area (TPSA) is 60.0 Å². The SMILES string of the molecule is CN=C(NCCN1CCN(C(=O)C2CCC2)CC1)NC(C)c1ccccc1Cl. The number of hydrogen-bond donors (Lipinski definition) is 2. The van der Waals surface area contributed by atoms with Crippen LogP contribution in [0, 0.1) is 5.92 Å². The van der Waals surface area contributed by atoms with Crippen LogP contribution in [-0.2, 0) is 4.79 Å². The van der Waals surface area contributed by atoms with Crippen molar-refractivity contribution in [3.63, 3.8) is 0 Å². The lowest BCUT2D eigenvalue weighted by Gasteiger charge is -2.38. The smallest absolute Gasteiger partial charge is 0.225 e. The molecule has 1 aliphatic carbocycles. The van der Waals surface area contributed by atoms with Crippen LogP contribution in [-0.4, -0.2) is 68.0 Å². The average molecular weight is 406 g/mol. The van der Waals surface area contributed by atoms with Gasteiger partial charge < -0.3 is 15.5 Å². The van der Waals surface area contributed by atoms with E-state index in [4.69, 9.17) is 11.6 Å². The Morgan fingerprint density at radius 1 is 1.25 bits per heavy atom. The van der Waals surface area contributed by atoms with Gasteiger partial charge >= 0.3 is 0 Å². The summed E-state index contributed by atoms with van der Waals surface area (Å²) in [7, 11) is 1.78. The number of benzene rings is 1. The molecular weight excluding hydrogens is 374 g/mol. The van der Waals surface area contributed by atoms with Crippen molar-refractivity contribution in [1.82, 2.24) is 20.4 Å². The van der Waals surface area contributed by atoms with Gasteiger partial charge in [-0.3, -0.25) is 14.7 Å². The van der Waals surface area contributed by atoms with E-state index in [2.05, 4.69) is 32.3 Å². The highest BCUT2D eigenvalue weighted by atomic mass is 35.5. The Kier molecular flexibility index (Phi) is 7.57. The molecule has 7 heteroatoms. The van der Waals surface area contributed by atoms with Crippen LogP contribution in [0.2, 0.25) is 5.02 Å². The van der Waals surface area contributed by atoms with Gasteiger partial charge in [-0.05, 0) is 31.4 Å². The maximum atomic E-state index is 12.3. The van der Waals surface area contributed by atoms with Crippen molar-refractivity contribution in [3.05, 3.63) is 34.9 Å². The third-order valence-electron chi connectivity index (χ3n) is 5.81. The summed E-state index contributed by atoms with van der Waals surface area (Å²) in [6.45, 7) is 7.42. The molecule has 1 unspecified atom stereocenters. The Balaban J connectivity index is 1.37. The van der Waals surface area contributed by atoms with Gasteiger partial charge in [-0.15, -0.1) is 0 Å². The van der Waals surface area contributed by atoms with Crippen molar-refractivity contribution < 1.29 is 4.79 Å².